The third-order valence-corrected chi connectivity index (χ3v) is 1.24. The second-order valence-corrected chi connectivity index (χ2v) is 2.16. The van der Waals surface area contributed by atoms with Crippen molar-refractivity contribution in [1.82, 2.24) is 5.32 Å². The van der Waals surface area contributed by atoms with Crippen molar-refractivity contribution in [2.75, 3.05) is 6.54 Å². The highest BCUT2D eigenvalue weighted by Crippen LogP contribution is 1.92. The van der Waals surface area contributed by atoms with Crippen molar-refractivity contribution in [3.8, 4) is 6.07 Å². The molecule has 0 aliphatic carbocycles. The highest BCUT2D eigenvalue weighted by molar-refractivity contribution is 4.72. The summed E-state index contributed by atoms with van der Waals surface area (Å²) in [6, 6.07) is 2.61. The summed E-state index contributed by atoms with van der Waals surface area (Å²) in [5.74, 6) is 0. The summed E-state index contributed by atoms with van der Waals surface area (Å²) < 4.78 is 0. The van der Waals surface area contributed by atoms with Gasteiger partial charge < -0.3 is 5.32 Å². The van der Waals surface area contributed by atoms with Gasteiger partial charge in [0, 0.05) is 12.5 Å². The van der Waals surface area contributed by atoms with E-state index in [0.29, 0.717) is 12.5 Å². The van der Waals surface area contributed by atoms with Gasteiger partial charge in [-0.15, -0.1) is 0 Å². The fraction of sp³-hybridized carbons (Fsp3) is 0.857. The molecule has 0 heterocycles. The summed E-state index contributed by atoms with van der Waals surface area (Å²) in [4.78, 5) is 0. The Morgan fingerprint density at radius 2 is 2.33 bits per heavy atom. The van der Waals surface area contributed by atoms with Crippen LogP contribution in [-0.4, -0.2) is 12.6 Å². The molecule has 2 nitrogen and oxygen atoms in total. The van der Waals surface area contributed by atoms with Gasteiger partial charge in [0.1, 0.15) is 0 Å². The molecule has 1 atom stereocenters. The molecule has 0 amide bonds. The standard InChI is InChI=1S/C7H14N2/c1-3-9-7(2)5-4-6-8/h7,9H,3-5H2,1-2H3. The fourth-order valence-electron chi connectivity index (χ4n) is 0.732. The molecule has 0 aromatic heterocycles. The highest BCUT2D eigenvalue weighted by atomic mass is 14.9. The van der Waals surface area contributed by atoms with E-state index in [1.54, 1.807) is 0 Å². The van der Waals surface area contributed by atoms with E-state index in [1.807, 2.05) is 0 Å². The average Bonchev–Trinajstić information content (AvgIpc) is 1.85. The Kier molecular flexibility index (Phi) is 5.24. The number of nitrogens with zero attached hydrogens (tertiary/aromatic N) is 1. The van der Waals surface area contributed by atoms with Crippen LogP contribution in [0.3, 0.4) is 0 Å². The fourth-order valence-corrected chi connectivity index (χ4v) is 0.732. The van der Waals surface area contributed by atoms with Crippen LogP contribution in [0.5, 0.6) is 0 Å². The molecule has 0 fully saturated rings. The lowest BCUT2D eigenvalue weighted by molar-refractivity contribution is 0.537. The quantitative estimate of drug-likeness (QED) is 0.616. The first-order valence-electron chi connectivity index (χ1n) is 3.41. The molecule has 0 aromatic carbocycles. The topological polar surface area (TPSA) is 35.8 Å². The van der Waals surface area contributed by atoms with Gasteiger partial charge in [-0.3, -0.25) is 0 Å². The molecular formula is C7H14N2. The number of nitriles is 1. The van der Waals surface area contributed by atoms with Gasteiger partial charge in [-0.1, -0.05) is 6.92 Å². The second-order valence-electron chi connectivity index (χ2n) is 2.16. The van der Waals surface area contributed by atoms with Crippen LogP contribution in [-0.2, 0) is 0 Å². The predicted molar refractivity (Wildman–Crippen MR) is 38.0 cm³/mol. The van der Waals surface area contributed by atoms with E-state index >= 15 is 0 Å². The second kappa shape index (κ2) is 5.58. The Morgan fingerprint density at radius 1 is 1.67 bits per heavy atom. The van der Waals surface area contributed by atoms with Crippen LogP contribution in [0.15, 0.2) is 0 Å². The van der Waals surface area contributed by atoms with E-state index in [0.717, 1.165) is 13.0 Å². The van der Waals surface area contributed by atoms with Crippen molar-refractivity contribution in [2.24, 2.45) is 0 Å². The van der Waals surface area contributed by atoms with E-state index in [4.69, 9.17) is 5.26 Å². The largest absolute Gasteiger partial charge is 0.314 e. The van der Waals surface area contributed by atoms with Gasteiger partial charge in [0.25, 0.3) is 0 Å². The molecular weight excluding hydrogens is 112 g/mol. The van der Waals surface area contributed by atoms with Gasteiger partial charge >= 0.3 is 0 Å². The van der Waals surface area contributed by atoms with Crippen molar-refractivity contribution in [2.45, 2.75) is 32.7 Å². The molecule has 0 aliphatic heterocycles. The zero-order valence-corrected chi connectivity index (χ0v) is 6.15. The molecule has 0 aromatic rings. The first-order valence-corrected chi connectivity index (χ1v) is 3.41. The molecule has 0 saturated carbocycles. The summed E-state index contributed by atoms with van der Waals surface area (Å²) in [7, 11) is 0. The first kappa shape index (κ1) is 8.45. The van der Waals surface area contributed by atoms with E-state index in [9.17, 15) is 0 Å². The van der Waals surface area contributed by atoms with Crippen LogP contribution >= 0.6 is 0 Å². The summed E-state index contributed by atoms with van der Waals surface area (Å²) in [5.41, 5.74) is 0. The molecule has 0 radical (unpaired) electrons. The smallest absolute Gasteiger partial charge is 0.0622 e. The van der Waals surface area contributed by atoms with E-state index in [1.165, 1.54) is 0 Å². The Bertz CT molecular complexity index is 93.6. The number of hydrogen-bond acceptors (Lipinski definition) is 2. The van der Waals surface area contributed by atoms with Crippen molar-refractivity contribution in [3.05, 3.63) is 0 Å². The van der Waals surface area contributed by atoms with Gasteiger partial charge in [0.15, 0.2) is 0 Å². The maximum Gasteiger partial charge on any atom is 0.0622 e. The minimum atomic E-state index is 0.495. The zero-order valence-electron chi connectivity index (χ0n) is 6.15. The Labute approximate surface area is 56.9 Å². The van der Waals surface area contributed by atoms with Crippen molar-refractivity contribution in [3.63, 3.8) is 0 Å². The minimum absolute atomic E-state index is 0.495. The predicted octanol–water partition coefficient (Wildman–Crippen LogP) is 1.29. The normalized spacial score (nSPS) is 12.6. The molecule has 2 heteroatoms. The molecule has 1 N–H and O–H groups in total. The zero-order chi connectivity index (χ0) is 7.11. The van der Waals surface area contributed by atoms with Gasteiger partial charge in [-0.2, -0.15) is 5.26 Å². The third-order valence-electron chi connectivity index (χ3n) is 1.24. The minimum Gasteiger partial charge on any atom is -0.314 e. The summed E-state index contributed by atoms with van der Waals surface area (Å²) in [6.45, 7) is 5.16. The summed E-state index contributed by atoms with van der Waals surface area (Å²) >= 11 is 0. The van der Waals surface area contributed by atoms with Crippen molar-refractivity contribution >= 4 is 0 Å². The molecule has 0 saturated heterocycles. The van der Waals surface area contributed by atoms with Crippen molar-refractivity contribution in [1.29, 1.82) is 5.26 Å². The van der Waals surface area contributed by atoms with Gasteiger partial charge in [0.2, 0.25) is 0 Å². The van der Waals surface area contributed by atoms with Gasteiger partial charge in [-0.25, -0.2) is 0 Å². The lowest BCUT2D eigenvalue weighted by Gasteiger charge is -2.08. The molecule has 0 aliphatic rings. The summed E-state index contributed by atoms with van der Waals surface area (Å²) in [5, 5.41) is 11.4. The SMILES string of the molecule is CCNC(C)CCC#N. The monoisotopic (exact) mass is 126 g/mol. The van der Waals surface area contributed by atoms with Gasteiger partial charge in [-0.05, 0) is 19.9 Å². The molecule has 0 rings (SSSR count). The maximum absolute atomic E-state index is 8.21. The van der Waals surface area contributed by atoms with Crippen molar-refractivity contribution < 1.29 is 0 Å². The summed E-state index contributed by atoms with van der Waals surface area (Å²) in [6.07, 6.45) is 1.62. The molecule has 1 unspecified atom stereocenters. The van der Waals surface area contributed by atoms with E-state index < -0.39 is 0 Å². The number of hydrogen-bond donors (Lipinski definition) is 1. The van der Waals surface area contributed by atoms with Crippen LogP contribution in [0.25, 0.3) is 0 Å². The Hall–Kier alpha value is -0.550. The molecule has 52 valence electrons. The molecule has 9 heavy (non-hydrogen) atoms. The lowest BCUT2D eigenvalue weighted by Crippen LogP contribution is -2.24. The van der Waals surface area contributed by atoms with Crippen LogP contribution in [0.2, 0.25) is 0 Å². The van der Waals surface area contributed by atoms with Crippen LogP contribution in [0.4, 0.5) is 0 Å². The Balaban J connectivity index is 3.07. The van der Waals surface area contributed by atoms with Gasteiger partial charge in [0.05, 0.1) is 6.07 Å². The number of rotatable bonds is 4. The first-order chi connectivity index (χ1) is 4.31. The Morgan fingerprint density at radius 3 is 2.78 bits per heavy atom. The highest BCUT2D eigenvalue weighted by Gasteiger charge is 1.96. The maximum atomic E-state index is 8.21. The van der Waals surface area contributed by atoms with Crippen LogP contribution < -0.4 is 5.32 Å². The average molecular weight is 126 g/mol. The lowest BCUT2D eigenvalue weighted by atomic mass is 10.2. The van der Waals surface area contributed by atoms with E-state index in [2.05, 4.69) is 25.2 Å². The number of nitrogens with one attached hydrogen (secondary N) is 1. The van der Waals surface area contributed by atoms with Crippen LogP contribution in [0.1, 0.15) is 26.7 Å². The van der Waals surface area contributed by atoms with E-state index in [-0.39, 0.29) is 0 Å². The molecule has 0 bridgehead atoms. The third kappa shape index (κ3) is 5.32. The molecule has 0 spiro atoms. The van der Waals surface area contributed by atoms with Crippen LogP contribution in [0, 0.1) is 11.3 Å².